The van der Waals surface area contributed by atoms with Gasteiger partial charge in [0.05, 0.1) is 24.0 Å². The molecule has 0 bridgehead atoms. The van der Waals surface area contributed by atoms with Crippen LogP contribution in [0.25, 0.3) is 11.0 Å². The highest BCUT2D eigenvalue weighted by Gasteiger charge is 2.16. The smallest absolute Gasteiger partial charge is 0.338 e. The van der Waals surface area contributed by atoms with Crippen molar-refractivity contribution in [2.24, 2.45) is 0 Å². The average molecular weight is 507 g/mol. The third kappa shape index (κ3) is 5.93. The molecule has 1 aromatic heterocycles. The topological polar surface area (TPSA) is 92.0 Å². The second-order valence-corrected chi connectivity index (χ2v) is 8.45. The molecule has 4 aromatic rings. The fourth-order valence-electron chi connectivity index (χ4n) is 3.44. The van der Waals surface area contributed by atoms with Crippen molar-refractivity contribution in [3.63, 3.8) is 0 Å². The van der Waals surface area contributed by atoms with Gasteiger partial charge in [0.15, 0.2) is 0 Å². The highest BCUT2D eigenvalue weighted by molar-refractivity contribution is 6.30. The molecule has 0 spiro atoms. The maximum absolute atomic E-state index is 13.1. The van der Waals surface area contributed by atoms with E-state index in [1.165, 1.54) is 18.2 Å². The molecule has 0 fully saturated rings. The van der Waals surface area contributed by atoms with Crippen LogP contribution in [0.1, 0.15) is 35.0 Å². The number of esters is 2. The molecule has 3 aromatic carbocycles. The van der Waals surface area contributed by atoms with Gasteiger partial charge in [-0.25, -0.2) is 4.79 Å². The van der Waals surface area contributed by atoms with Crippen molar-refractivity contribution in [3.05, 3.63) is 98.9 Å². The number of hydrogen-bond donors (Lipinski definition) is 0. The first-order valence-electron chi connectivity index (χ1n) is 11.3. The van der Waals surface area contributed by atoms with Gasteiger partial charge in [-0.1, -0.05) is 30.7 Å². The minimum absolute atomic E-state index is 0.0243. The van der Waals surface area contributed by atoms with Crippen LogP contribution in [0.2, 0.25) is 5.02 Å². The first kappa shape index (κ1) is 25.0. The zero-order chi connectivity index (χ0) is 25.7. The molecule has 36 heavy (non-hydrogen) atoms. The molecular formula is C28H23ClO7. The van der Waals surface area contributed by atoms with E-state index < -0.39 is 11.9 Å². The van der Waals surface area contributed by atoms with Gasteiger partial charge in [0.25, 0.3) is 0 Å². The Hall–Kier alpha value is -4.10. The Labute approximate surface area is 212 Å². The summed E-state index contributed by atoms with van der Waals surface area (Å²) in [5.74, 6) is 0.0137. The van der Waals surface area contributed by atoms with Crippen LogP contribution in [0.5, 0.6) is 17.2 Å². The second-order valence-electron chi connectivity index (χ2n) is 8.01. The van der Waals surface area contributed by atoms with E-state index in [1.54, 1.807) is 55.5 Å². The fourth-order valence-corrected chi connectivity index (χ4v) is 3.57. The van der Waals surface area contributed by atoms with Gasteiger partial charge in [-0.15, -0.1) is 0 Å². The van der Waals surface area contributed by atoms with Crippen molar-refractivity contribution < 1.29 is 28.2 Å². The maximum atomic E-state index is 13.1. The standard InChI is InChI=1S/C28H23ClO7/c1-3-14-33-28(32)19-6-10-21(11-7-19)36-27-17(2)34-24-16-22(12-13-23(24)26(27)31)35-25(30)15-18-4-8-20(29)9-5-18/h4-13,16H,3,14-15H2,1-2H3. The summed E-state index contributed by atoms with van der Waals surface area (Å²) >= 11 is 5.87. The van der Waals surface area contributed by atoms with Crippen LogP contribution in [0.4, 0.5) is 0 Å². The third-order valence-corrected chi connectivity index (χ3v) is 5.48. The largest absolute Gasteiger partial charge is 0.462 e. The van der Waals surface area contributed by atoms with Crippen LogP contribution in [0.15, 0.2) is 75.9 Å². The second kappa shape index (κ2) is 11.1. The molecule has 0 atom stereocenters. The third-order valence-electron chi connectivity index (χ3n) is 5.23. The summed E-state index contributed by atoms with van der Waals surface area (Å²) in [5, 5.41) is 0.854. The summed E-state index contributed by atoms with van der Waals surface area (Å²) in [6.07, 6.45) is 0.803. The average Bonchev–Trinajstić information content (AvgIpc) is 2.86. The van der Waals surface area contributed by atoms with E-state index in [2.05, 4.69) is 0 Å². The van der Waals surface area contributed by atoms with Gasteiger partial charge in [0, 0.05) is 11.1 Å². The number of ether oxygens (including phenoxy) is 3. The van der Waals surface area contributed by atoms with Crippen LogP contribution >= 0.6 is 11.6 Å². The molecule has 0 radical (unpaired) electrons. The summed E-state index contributed by atoms with van der Waals surface area (Å²) < 4.78 is 22.1. The highest BCUT2D eigenvalue weighted by atomic mass is 35.5. The van der Waals surface area contributed by atoms with Gasteiger partial charge in [0.1, 0.15) is 22.8 Å². The van der Waals surface area contributed by atoms with Crippen LogP contribution in [0.3, 0.4) is 0 Å². The SMILES string of the molecule is CCCOC(=O)c1ccc(Oc2c(C)oc3cc(OC(=O)Cc4ccc(Cl)cc4)ccc3c2=O)cc1. The minimum atomic E-state index is -0.460. The molecule has 1 heterocycles. The highest BCUT2D eigenvalue weighted by Crippen LogP contribution is 2.28. The van der Waals surface area contributed by atoms with E-state index in [4.69, 9.17) is 30.2 Å². The first-order valence-corrected chi connectivity index (χ1v) is 11.7. The molecule has 0 aliphatic carbocycles. The van der Waals surface area contributed by atoms with E-state index in [-0.39, 0.29) is 40.1 Å². The molecule has 0 aliphatic rings. The number of fused-ring (bicyclic) bond motifs is 1. The molecule has 0 aliphatic heterocycles. The molecule has 184 valence electrons. The maximum Gasteiger partial charge on any atom is 0.338 e. The van der Waals surface area contributed by atoms with Gasteiger partial charge in [-0.3, -0.25) is 9.59 Å². The zero-order valence-electron chi connectivity index (χ0n) is 19.7. The molecule has 7 nitrogen and oxygen atoms in total. The van der Waals surface area contributed by atoms with Crippen LogP contribution in [-0.4, -0.2) is 18.5 Å². The monoisotopic (exact) mass is 506 g/mol. The van der Waals surface area contributed by atoms with E-state index in [0.29, 0.717) is 22.9 Å². The Morgan fingerprint density at radius 3 is 2.33 bits per heavy atom. The molecule has 0 saturated heterocycles. The summed E-state index contributed by atoms with van der Waals surface area (Å²) in [6.45, 7) is 3.86. The zero-order valence-corrected chi connectivity index (χ0v) is 20.5. The Morgan fingerprint density at radius 1 is 0.944 bits per heavy atom. The molecular weight excluding hydrogens is 484 g/mol. The summed E-state index contributed by atoms with van der Waals surface area (Å²) in [4.78, 5) is 37.3. The molecule has 0 unspecified atom stereocenters. The van der Waals surface area contributed by atoms with E-state index in [9.17, 15) is 14.4 Å². The lowest BCUT2D eigenvalue weighted by Gasteiger charge is -2.10. The lowest BCUT2D eigenvalue weighted by atomic mass is 10.1. The molecule has 0 amide bonds. The summed E-state index contributed by atoms with van der Waals surface area (Å²) in [5.41, 5.74) is 1.03. The van der Waals surface area contributed by atoms with Crippen LogP contribution < -0.4 is 14.9 Å². The van der Waals surface area contributed by atoms with Gasteiger partial charge in [0.2, 0.25) is 11.2 Å². The van der Waals surface area contributed by atoms with E-state index >= 15 is 0 Å². The Bertz CT molecular complexity index is 1450. The van der Waals surface area contributed by atoms with Crippen molar-refractivity contribution in [2.75, 3.05) is 6.61 Å². The summed E-state index contributed by atoms with van der Waals surface area (Å²) in [7, 11) is 0. The summed E-state index contributed by atoms with van der Waals surface area (Å²) in [6, 6.07) is 17.7. The Kier molecular flexibility index (Phi) is 7.71. The molecule has 8 heteroatoms. The van der Waals surface area contributed by atoms with Crippen LogP contribution in [-0.2, 0) is 16.0 Å². The van der Waals surface area contributed by atoms with Gasteiger partial charge >= 0.3 is 11.9 Å². The number of rotatable bonds is 8. The quantitative estimate of drug-likeness (QED) is 0.205. The van der Waals surface area contributed by atoms with E-state index in [1.807, 2.05) is 6.92 Å². The molecule has 0 saturated carbocycles. The van der Waals surface area contributed by atoms with Crippen molar-refractivity contribution in [1.82, 2.24) is 0 Å². The number of halogens is 1. The Balaban J connectivity index is 1.50. The normalized spacial score (nSPS) is 10.8. The van der Waals surface area contributed by atoms with Crippen molar-refractivity contribution >= 4 is 34.5 Å². The fraction of sp³-hybridized carbons (Fsp3) is 0.179. The molecule has 4 rings (SSSR count). The van der Waals surface area contributed by atoms with Crippen LogP contribution in [0, 0.1) is 6.92 Å². The number of carbonyl (C=O) groups is 2. The number of carbonyl (C=O) groups excluding carboxylic acids is 2. The Morgan fingerprint density at radius 2 is 1.64 bits per heavy atom. The van der Waals surface area contributed by atoms with Gasteiger partial charge in [-0.2, -0.15) is 0 Å². The number of hydrogen-bond acceptors (Lipinski definition) is 7. The number of aryl methyl sites for hydroxylation is 1. The van der Waals surface area contributed by atoms with Gasteiger partial charge < -0.3 is 18.6 Å². The van der Waals surface area contributed by atoms with Gasteiger partial charge in [-0.05, 0) is 67.4 Å². The predicted octanol–water partition coefficient (Wildman–Crippen LogP) is 6.26. The van der Waals surface area contributed by atoms with Crippen molar-refractivity contribution in [3.8, 4) is 17.2 Å². The predicted molar refractivity (Wildman–Crippen MR) is 135 cm³/mol. The van der Waals surface area contributed by atoms with Crippen molar-refractivity contribution in [1.29, 1.82) is 0 Å². The van der Waals surface area contributed by atoms with E-state index in [0.717, 1.165) is 12.0 Å². The van der Waals surface area contributed by atoms with Crippen molar-refractivity contribution in [2.45, 2.75) is 26.7 Å². The minimum Gasteiger partial charge on any atom is -0.462 e. The lowest BCUT2D eigenvalue weighted by molar-refractivity contribution is -0.133. The number of benzene rings is 3. The lowest BCUT2D eigenvalue weighted by Crippen LogP contribution is -2.12. The first-order chi connectivity index (χ1) is 17.3. The molecule has 0 N–H and O–H groups in total.